The van der Waals surface area contributed by atoms with Crippen LogP contribution in [0.25, 0.3) is 5.69 Å². The molecule has 7 heteroatoms. The van der Waals surface area contributed by atoms with Crippen molar-refractivity contribution in [2.75, 3.05) is 20.3 Å². The summed E-state index contributed by atoms with van der Waals surface area (Å²) in [5.74, 6) is 2.12. The molecule has 0 saturated heterocycles. The number of benzene rings is 2. The predicted molar refractivity (Wildman–Crippen MR) is 134 cm³/mol. The van der Waals surface area contributed by atoms with E-state index in [2.05, 4.69) is 18.7 Å². The Labute approximate surface area is 202 Å². The third-order valence-corrected chi connectivity index (χ3v) is 5.57. The quantitative estimate of drug-likeness (QED) is 0.405. The van der Waals surface area contributed by atoms with Gasteiger partial charge in [0, 0.05) is 19.1 Å². The topological polar surface area (TPSA) is 69.0 Å². The van der Waals surface area contributed by atoms with Gasteiger partial charge in [0.25, 0.3) is 0 Å². The van der Waals surface area contributed by atoms with Crippen LogP contribution in [0.15, 0.2) is 54.6 Å². The van der Waals surface area contributed by atoms with Crippen molar-refractivity contribution in [1.82, 2.24) is 14.7 Å². The smallest absolute Gasteiger partial charge is 0.227 e. The van der Waals surface area contributed by atoms with Crippen molar-refractivity contribution in [3.8, 4) is 23.1 Å². The van der Waals surface area contributed by atoms with E-state index in [1.165, 1.54) is 0 Å². The van der Waals surface area contributed by atoms with Gasteiger partial charge in [0.1, 0.15) is 11.5 Å². The van der Waals surface area contributed by atoms with Crippen LogP contribution in [-0.4, -0.2) is 58.3 Å². The normalized spacial score (nSPS) is 12.5. The van der Waals surface area contributed by atoms with Gasteiger partial charge in [0.2, 0.25) is 5.88 Å². The first-order valence-electron chi connectivity index (χ1n) is 11.8. The fraction of sp³-hybridized carbons (Fsp3) is 0.444. The molecule has 1 heterocycles. The second kappa shape index (κ2) is 12.0. The van der Waals surface area contributed by atoms with Gasteiger partial charge in [0.15, 0.2) is 0 Å². The van der Waals surface area contributed by atoms with Gasteiger partial charge in [-0.25, -0.2) is 4.68 Å². The molecule has 0 amide bonds. The zero-order valence-electron chi connectivity index (χ0n) is 21.1. The first-order chi connectivity index (χ1) is 16.3. The molecule has 7 nitrogen and oxygen atoms in total. The van der Waals surface area contributed by atoms with Crippen LogP contribution in [0.5, 0.6) is 17.4 Å². The average molecular weight is 468 g/mol. The standard InChI is InChI=1S/C27H37N3O4/c1-19(2)29(16-23(31)18-33-20(3)4)17-26-21(5)28-30(22-10-8-7-9-11-22)27(26)34-25-14-12-24(32-6)13-15-25/h7-15,19-20,23,31H,16-18H2,1-6H3. The molecule has 0 aliphatic heterocycles. The van der Waals surface area contributed by atoms with E-state index in [9.17, 15) is 5.11 Å². The lowest BCUT2D eigenvalue weighted by molar-refractivity contribution is -0.0137. The molecule has 0 saturated carbocycles. The fourth-order valence-electron chi connectivity index (χ4n) is 3.61. The molecule has 1 aromatic heterocycles. The number of aliphatic hydroxyl groups excluding tert-OH is 1. The highest BCUT2D eigenvalue weighted by atomic mass is 16.5. The van der Waals surface area contributed by atoms with Crippen molar-refractivity contribution in [2.24, 2.45) is 0 Å². The SMILES string of the molecule is COc1ccc(Oc2c(CN(CC(O)COC(C)C)C(C)C)c(C)nn2-c2ccccc2)cc1. The second-order valence-corrected chi connectivity index (χ2v) is 8.95. The minimum atomic E-state index is -0.583. The van der Waals surface area contributed by atoms with Crippen LogP contribution >= 0.6 is 0 Å². The molecule has 184 valence electrons. The van der Waals surface area contributed by atoms with Crippen LogP contribution < -0.4 is 9.47 Å². The summed E-state index contributed by atoms with van der Waals surface area (Å²) in [6.07, 6.45) is -0.502. The number of para-hydroxylation sites is 1. The number of aromatic nitrogens is 2. The Morgan fingerprint density at radius 3 is 2.21 bits per heavy atom. The maximum absolute atomic E-state index is 10.6. The lowest BCUT2D eigenvalue weighted by Gasteiger charge is -2.29. The van der Waals surface area contributed by atoms with E-state index < -0.39 is 6.10 Å². The Morgan fingerprint density at radius 2 is 1.62 bits per heavy atom. The fourth-order valence-corrected chi connectivity index (χ4v) is 3.61. The number of hydrogen-bond acceptors (Lipinski definition) is 6. The van der Waals surface area contributed by atoms with E-state index >= 15 is 0 Å². The Bertz CT molecular complexity index is 1020. The van der Waals surface area contributed by atoms with E-state index in [4.69, 9.17) is 19.3 Å². The van der Waals surface area contributed by atoms with Gasteiger partial charge in [-0.3, -0.25) is 4.90 Å². The largest absolute Gasteiger partial charge is 0.497 e. The third-order valence-electron chi connectivity index (χ3n) is 5.57. The zero-order chi connectivity index (χ0) is 24.7. The van der Waals surface area contributed by atoms with E-state index in [1.54, 1.807) is 7.11 Å². The molecule has 1 N–H and O–H groups in total. The molecule has 0 fully saturated rings. The molecule has 0 aliphatic carbocycles. The van der Waals surface area contributed by atoms with Gasteiger partial charge >= 0.3 is 0 Å². The predicted octanol–water partition coefficient (Wildman–Crippen LogP) is 4.98. The van der Waals surface area contributed by atoms with Crippen molar-refractivity contribution < 1.29 is 19.3 Å². The monoisotopic (exact) mass is 467 g/mol. The number of aliphatic hydroxyl groups is 1. The first-order valence-corrected chi connectivity index (χ1v) is 11.8. The summed E-state index contributed by atoms with van der Waals surface area (Å²) in [5.41, 5.74) is 2.78. The molecule has 34 heavy (non-hydrogen) atoms. The van der Waals surface area contributed by atoms with Gasteiger partial charge in [-0.1, -0.05) is 18.2 Å². The lowest BCUT2D eigenvalue weighted by atomic mass is 10.2. The maximum Gasteiger partial charge on any atom is 0.227 e. The Hall–Kier alpha value is -2.87. The van der Waals surface area contributed by atoms with Crippen molar-refractivity contribution in [2.45, 2.75) is 59.4 Å². The first kappa shape index (κ1) is 25.7. The summed E-state index contributed by atoms with van der Waals surface area (Å²) in [6, 6.07) is 17.7. The van der Waals surface area contributed by atoms with E-state index in [0.29, 0.717) is 31.3 Å². The highest BCUT2D eigenvalue weighted by Gasteiger charge is 2.24. The van der Waals surface area contributed by atoms with Crippen LogP contribution in [-0.2, 0) is 11.3 Å². The van der Waals surface area contributed by atoms with E-state index in [0.717, 1.165) is 22.7 Å². The van der Waals surface area contributed by atoms with Crippen molar-refractivity contribution >= 4 is 0 Å². The number of methoxy groups -OCH3 is 1. The summed E-state index contributed by atoms with van der Waals surface area (Å²) >= 11 is 0. The lowest BCUT2D eigenvalue weighted by Crippen LogP contribution is -2.39. The van der Waals surface area contributed by atoms with Crippen molar-refractivity contribution in [3.05, 3.63) is 65.9 Å². The number of hydrogen-bond donors (Lipinski definition) is 1. The summed E-state index contributed by atoms with van der Waals surface area (Å²) < 4.78 is 19.1. The van der Waals surface area contributed by atoms with E-state index in [1.807, 2.05) is 80.1 Å². The van der Waals surface area contributed by atoms with Crippen LogP contribution in [0.4, 0.5) is 0 Å². The van der Waals surface area contributed by atoms with Crippen molar-refractivity contribution in [3.63, 3.8) is 0 Å². The Balaban J connectivity index is 1.93. The van der Waals surface area contributed by atoms with Gasteiger partial charge in [0.05, 0.1) is 42.9 Å². The minimum Gasteiger partial charge on any atom is -0.497 e. The zero-order valence-corrected chi connectivity index (χ0v) is 21.1. The third kappa shape index (κ3) is 6.82. The van der Waals surface area contributed by atoms with Crippen LogP contribution in [0.2, 0.25) is 0 Å². The molecule has 0 aliphatic rings. The second-order valence-electron chi connectivity index (χ2n) is 8.95. The molecule has 2 aromatic carbocycles. The van der Waals surface area contributed by atoms with Crippen LogP contribution in [0.3, 0.4) is 0 Å². The summed E-state index contributed by atoms with van der Waals surface area (Å²) in [4.78, 5) is 2.22. The number of aryl methyl sites for hydroxylation is 1. The molecule has 0 spiro atoms. The van der Waals surface area contributed by atoms with Crippen LogP contribution in [0.1, 0.15) is 39.0 Å². The molecular formula is C27H37N3O4. The maximum atomic E-state index is 10.6. The molecule has 3 aromatic rings. The molecule has 3 rings (SSSR count). The van der Waals surface area contributed by atoms with E-state index in [-0.39, 0.29) is 12.1 Å². The highest BCUT2D eigenvalue weighted by Crippen LogP contribution is 2.32. The summed E-state index contributed by atoms with van der Waals surface area (Å²) in [7, 11) is 1.64. The summed E-state index contributed by atoms with van der Waals surface area (Å²) in [5, 5.41) is 15.4. The number of ether oxygens (including phenoxy) is 3. The van der Waals surface area contributed by atoms with Gasteiger partial charge < -0.3 is 19.3 Å². The molecular weight excluding hydrogens is 430 g/mol. The highest BCUT2D eigenvalue weighted by molar-refractivity contribution is 5.44. The van der Waals surface area contributed by atoms with Gasteiger partial charge in [-0.05, 0) is 71.0 Å². The molecule has 1 atom stereocenters. The Kier molecular flexibility index (Phi) is 9.10. The minimum absolute atomic E-state index is 0.0815. The Morgan fingerprint density at radius 1 is 0.971 bits per heavy atom. The van der Waals surface area contributed by atoms with Gasteiger partial charge in [-0.2, -0.15) is 5.10 Å². The van der Waals surface area contributed by atoms with Crippen molar-refractivity contribution in [1.29, 1.82) is 0 Å². The molecule has 0 radical (unpaired) electrons. The summed E-state index contributed by atoms with van der Waals surface area (Å²) in [6.45, 7) is 11.6. The average Bonchev–Trinajstić information content (AvgIpc) is 3.13. The van der Waals surface area contributed by atoms with Gasteiger partial charge in [-0.15, -0.1) is 0 Å². The van der Waals surface area contributed by atoms with Crippen LogP contribution in [0, 0.1) is 6.92 Å². The number of rotatable bonds is 12. The molecule has 0 bridgehead atoms. The number of nitrogens with zero attached hydrogens (tertiary/aromatic N) is 3. The molecule has 1 unspecified atom stereocenters.